The second kappa shape index (κ2) is 8.15. The molecule has 0 radical (unpaired) electrons. The molecule has 0 atom stereocenters. The summed E-state index contributed by atoms with van der Waals surface area (Å²) in [5.41, 5.74) is 5.84. The van der Waals surface area contributed by atoms with Gasteiger partial charge in [0.2, 0.25) is 5.91 Å². The van der Waals surface area contributed by atoms with E-state index in [1.807, 2.05) is 60.7 Å². The largest absolute Gasteiger partial charge is 0.497 e. The Hall–Kier alpha value is -3.66. The maximum atomic E-state index is 12.3. The first-order chi connectivity index (χ1) is 14.1. The van der Waals surface area contributed by atoms with Crippen LogP contribution in [0.4, 0.5) is 5.69 Å². The lowest BCUT2D eigenvalue weighted by atomic mass is 10.1. The van der Waals surface area contributed by atoms with Crippen LogP contribution in [-0.2, 0) is 11.2 Å². The van der Waals surface area contributed by atoms with Crippen LogP contribution < -0.4 is 10.1 Å². The number of fused-ring (bicyclic) bond motifs is 1. The summed E-state index contributed by atoms with van der Waals surface area (Å²) in [5, 5.41) is 4.08. The number of carbonyl (C=O) groups is 1. The zero-order valence-corrected chi connectivity index (χ0v) is 16.5. The van der Waals surface area contributed by atoms with Crippen molar-refractivity contribution in [3.63, 3.8) is 0 Å². The summed E-state index contributed by atoms with van der Waals surface area (Å²) in [6, 6.07) is 25.6. The Balaban J connectivity index is 1.44. The van der Waals surface area contributed by atoms with Crippen molar-refractivity contribution in [2.24, 2.45) is 0 Å². The van der Waals surface area contributed by atoms with Gasteiger partial charge in [-0.15, -0.1) is 0 Å². The molecule has 144 valence electrons. The zero-order chi connectivity index (χ0) is 20.2. The van der Waals surface area contributed by atoms with Gasteiger partial charge in [0, 0.05) is 16.6 Å². The molecule has 4 nitrogen and oxygen atoms in total. The van der Waals surface area contributed by atoms with Gasteiger partial charge in [0.25, 0.3) is 0 Å². The van der Waals surface area contributed by atoms with Gasteiger partial charge in [0.1, 0.15) is 5.75 Å². The molecule has 1 aromatic heterocycles. The van der Waals surface area contributed by atoms with E-state index in [1.165, 1.54) is 5.56 Å². The van der Waals surface area contributed by atoms with Gasteiger partial charge in [-0.25, -0.2) is 4.98 Å². The number of methoxy groups -OCH3 is 1. The Morgan fingerprint density at radius 3 is 2.41 bits per heavy atom. The number of nitrogens with zero attached hydrogens (tertiary/aromatic N) is 1. The van der Waals surface area contributed by atoms with E-state index in [1.54, 1.807) is 7.11 Å². The van der Waals surface area contributed by atoms with Crippen molar-refractivity contribution < 1.29 is 9.53 Å². The molecule has 1 N–H and O–H groups in total. The van der Waals surface area contributed by atoms with Crippen molar-refractivity contribution in [2.75, 3.05) is 12.4 Å². The van der Waals surface area contributed by atoms with E-state index in [2.05, 4.69) is 30.4 Å². The van der Waals surface area contributed by atoms with Crippen LogP contribution in [0.3, 0.4) is 0 Å². The molecule has 0 saturated carbocycles. The van der Waals surface area contributed by atoms with Crippen LogP contribution in [0, 0.1) is 6.92 Å². The summed E-state index contributed by atoms with van der Waals surface area (Å²) in [6.45, 7) is 2.08. The third kappa shape index (κ3) is 4.43. The van der Waals surface area contributed by atoms with Crippen LogP contribution >= 0.6 is 0 Å². The first-order valence-corrected chi connectivity index (χ1v) is 9.51. The van der Waals surface area contributed by atoms with E-state index in [-0.39, 0.29) is 5.91 Å². The van der Waals surface area contributed by atoms with E-state index in [4.69, 9.17) is 9.72 Å². The highest BCUT2D eigenvalue weighted by atomic mass is 16.5. The topological polar surface area (TPSA) is 51.2 Å². The third-order valence-electron chi connectivity index (χ3n) is 4.83. The van der Waals surface area contributed by atoms with E-state index in [0.29, 0.717) is 6.42 Å². The van der Waals surface area contributed by atoms with Gasteiger partial charge >= 0.3 is 0 Å². The van der Waals surface area contributed by atoms with Crippen molar-refractivity contribution in [1.29, 1.82) is 0 Å². The van der Waals surface area contributed by atoms with Gasteiger partial charge in [-0.3, -0.25) is 4.79 Å². The molecule has 3 aromatic carbocycles. The van der Waals surface area contributed by atoms with E-state index in [9.17, 15) is 4.79 Å². The summed E-state index contributed by atoms with van der Waals surface area (Å²) in [5.74, 6) is 0.726. The Bertz CT molecular complexity index is 1150. The first-order valence-electron chi connectivity index (χ1n) is 9.51. The predicted octanol–water partition coefficient (Wildman–Crippen LogP) is 5.40. The fourth-order valence-electron chi connectivity index (χ4n) is 3.26. The van der Waals surface area contributed by atoms with Crippen molar-refractivity contribution in [3.8, 4) is 17.0 Å². The van der Waals surface area contributed by atoms with Crippen molar-refractivity contribution >= 4 is 22.5 Å². The molecule has 4 aromatic rings. The molecular formula is C25H22N2O2. The highest BCUT2D eigenvalue weighted by Gasteiger charge is 2.06. The van der Waals surface area contributed by atoms with Crippen LogP contribution in [0.2, 0.25) is 0 Å². The summed E-state index contributed by atoms with van der Waals surface area (Å²) >= 11 is 0. The normalized spacial score (nSPS) is 10.7. The molecule has 0 spiro atoms. The van der Waals surface area contributed by atoms with Gasteiger partial charge in [-0.2, -0.15) is 0 Å². The second-order valence-corrected chi connectivity index (χ2v) is 7.04. The monoisotopic (exact) mass is 382 g/mol. The van der Waals surface area contributed by atoms with Crippen molar-refractivity contribution in [3.05, 3.63) is 90.0 Å². The summed E-state index contributed by atoms with van der Waals surface area (Å²) in [4.78, 5) is 17.1. The van der Waals surface area contributed by atoms with Crippen molar-refractivity contribution in [1.82, 2.24) is 4.98 Å². The molecule has 0 unspecified atom stereocenters. The molecule has 0 aliphatic heterocycles. The number of hydrogen-bond donors (Lipinski definition) is 1. The Morgan fingerprint density at radius 1 is 0.931 bits per heavy atom. The average Bonchev–Trinajstić information content (AvgIpc) is 2.74. The van der Waals surface area contributed by atoms with Crippen LogP contribution in [0.1, 0.15) is 11.1 Å². The number of rotatable bonds is 5. The molecule has 0 bridgehead atoms. The van der Waals surface area contributed by atoms with Gasteiger partial charge in [0.05, 0.1) is 24.7 Å². The van der Waals surface area contributed by atoms with E-state index >= 15 is 0 Å². The lowest BCUT2D eigenvalue weighted by Gasteiger charge is -2.08. The fraction of sp³-hybridized carbons (Fsp3) is 0.120. The van der Waals surface area contributed by atoms with Gasteiger partial charge in [-0.05, 0) is 55.0 Å². The molecule has 4 heteroatoms. The quantitative estimate of drug-likeness (QED) is 0.503. The van der Waals surface area contributed by atoms with Crippen LogP contribution in [0.5, 0.6) is 5.75 Å². The van der Waals surface area contributed by atoms with Gasteiger partial charge in [-0.1, -0.05) is 42.0 Å². The van der Waals surface area contributed by atoms with Crippen LogP contribution in [0.25, 0.3) is 22.2 Å². The highest BCUT2D eigenvalue weighted by Crippen LogP contribution is 2.23. The number of amides is 1. The number of aromatic nitrogens is 1. The zero-order valence-electron chi connectivity index (χ0n) is 16.5. The Labute approximate surface area is 170 Å². The smallest absolute Gasteiger partial charge is 0.228 e. The average molecular weight is 382 g/mol. The van der Waals surface area contributed by atoms with E-state index < -0.39 is 0 Å². The van der Waals surface area contributed by atoms with Crippen molar-refractivity contribution in [2.45, 2.75) is 13.3 Å². The molecule has 1 amide bonds. The number of hydrogen-bond acceptors (Lipinski definition) is 3. The molecule has 0 aliphatic carbocycles. The minimum atomic E-state index is -0.0536. The number of pyridine rings is 1. The number of aryl methyl sites for hydroxylation is 1. The minimum absolute atomic E-state index is 0.0536. The molecule has 29 heavy (non-hydrogen) atoms. The van der Waals surface area contributed by atoms with Crippen LogP contribution in [-0.4, -0.2) is 18.0 Å². The summed E-state index contributed by atoms with van der Waals surface area (Å²) in [6.07, 6.45) is 0.317. The van der Waals surface area contributed by atoms with Crippen LogP contribution in [0.15, 0.2) is 78.9 Å². The summed E-state index contributed by atoms with van der Waals surface area (Å²) in [7, 11) is 1.62. The summed E-state index contributed by atoms with van der Waals surface area (Å²) < 4.78 is 5.14. The van der Waals surface area contributed by atoms with E-state index in [0.717, 1.165) is 39.2 Å². The predicted molar refractivity (Wildman–Crippen MR) is 117 cm³/mol. The highest BCUT2D eigenvalue weighted by molar-refractivity contribution is 5.92. The second-order valence-electron chi connectivity index (χ2n) is 7.04. The maximum Gasteiger partial charge on any atom is 0.228 e. The molecule has 0 fully saturated rings. The SMILES string of the molecule is COc1ccc(CC(=O)Nc2ccc(-c3ccc4cc(C)ccc4n3)cc2)cc1. The van der Waals surface area contributed by atoms with Gasteiger partial charge < -0.3 is 10.1 Å². The third-order valence-corrected chi connectivity index (χ3v) is 4.83. The molecule has 0 saturated heterocycles. The first kappa shape index (κ1) is 18.7. The number of nitrogens with one attached hydrogen (secondary N) is 1. The minimum Gasteiger partial charge on any atom is -0.497 e. The molecule has 4 rings (SSSR count). The number of ether oxygens (including phenoxy) is 1. The molecular weight excluding hydrogens is 360 g/mol. The lowest BCUT2D eigenvalue weighted by Crippen LogP contribution is -2.14. The Morgan fingerprint density at radius 2 is 1.69 bits per heavy atom. The maximum absolute atomic E-state index is 12.3. The molecule has 1 heterocycles. The molecule has 0 aliphatic rings. The number of benzene rings is 3. The van der Waals surface area contributed by atoms with Gasteiger partial charge in [0.15, 0.2) is 0 Å². The standard InChI is InChI=1S/C25H22N2O2/c1-17-3-13-24-20(15-17)8-14-23(27-24)19-6-9-21(10-7-19)26-25(28)16-18-4-11-22(29-2)12-5-18/h3-15H,16H2,1-2H3,(H,26,28). The number of anilines is 1. The fourth-order valence-corrected chi connectivity index (χ4v) is 3.26. The lowest BCUT2D eigenvalue weighted by molar-refractivity contribution is -0.115. The Kier molecular flexibility index (Phi) is 5.25. The number of carbonyl (C=O) groups excluding carboxylic acids is 1.